The molecule has 0 aliphatic rings. The van der Waals surface area contributed by atoms with Gasteiger partial charge in [0.05, 0.1) is 5.02 Å². The number of carbonyl (C=O) groups excluding carboxylic acids is 1. The Balaban J connectivity index is 2.01. The third kappa shape index (κ3) is 4.08. The third-order valence-corrected chi connectivity index (χ3v) is 3.03. The molecule has 1 amide bonds. The van der Waals surface area contributed by atoms with Gasteiger partial charge in [0.2, 0.25) is 5.91 Å². The molecule has 0 aliphatic heterocycles. The van der Waals surface area contributed by atoms with Crippen molar-refractivity contribution in [1.82, 2.24) is 0 Å². The normalized spacial score (nSPS) is 10.8. The number of hydrogen-bond acceptors (Lipinski definition) is 1. The molecule has 0 bridgehead atoms. The molecule has 0 radical (unpaired) electrons. The van der Waals surface area contributed by atoms with Crippen LogP contribution < -0.4 is 5.32 Å². The van der Waals surface area contributed by atoms with Crippen LogP contribution in [0.25, 0.3) is 6.08 Å². The lowest BCUT2D eigenvalue weighted by atomic mass is 10.2. The SMILES string of the molecule is O=C(/C=C/c1ccc(Cl)cc1)Nc1ccc(F)c(Cl)c1. The number of carbonyl (C=O) groups is 1. The van der Waals surface area contributed by atoms with Crippen molar-refractivity contribution in [2.24, 2.45) is 0 Å². The monoisotopic (exact) mass is 309 g/mol. The molecule has 0 unspecified atom stereocenters. The molecule has 2 rings (SSSR count). The van der Waals surface area contributed by atoms with Crippen molar-refractivity contribution >= 4 is 40.9 Å². The number of nitrogens with one attached hydrogen (secondary N) is 1. The lowest BCUT2D eigenvalue weighted by Gasteiger charge is -2.03. The molecule has 102 valence electrons. The summed E-state index contributed by atoms with van der Waals surface area (Å²) >= 11 is 11.4. The van der Waals surface area contributed by atoms with Gasteiger partial charge in [0.15, 0.2) is 0 Å². The fourth-order valence-corrected chi connectivity index (χ4v) is 1.81. The Morgan fingerprint density at radius 1 is 1.10 bits per heavy atom. The number of rotatable bonds is 3. The van der Waals surface area contributed by atoms with E-state index in [9.17, 15) is 9.18 Å². The molecule has 0 heterocycles. The number of amides is 1. The third-order valence-electron chi connectivity index (χ3n) is 2.48. The maximum Gasteiger partial charge on any atom is 0.248 e. The molecule has 0 aromatic heterocycles. The van der Waals surface area contributed by atoms with E-state index in [1.165, 1.54) is 24.3 Å². The van der Waals surface area contributed by atoms with Crippen LogP contribution in [0.3, 0.4) is 0 Å². The zero-order chi connectivity index (χ0) is 14.5. The maximum absolute atomic E-state index is 13.0. The van der Waals surface area contributed by atoms with Crippen LogP contribution in [0.4, 0.5) is 10.1 Å². The molecule has 1 N–H and O–H groups in total. The molecule has 5 heteroatoms. The van der Waals surface area contributed by atoms with Crippen molar-refractivity contribution in [2.75, 3.05) is 5.32 Å². The highest BCUT2D eigenvalue weighted by Gasteiger charge is 2.02. The van der Waals surface area contributed by atoms with Crippen LogP contribution in [0, 0.1) is 5.82 Å². The van der Waals surface area contributed by atoms with Gasteiger partial charge in [-0.1, -0.05) is 35.3 Å². The second-order valence-electron chi connectivity index (χ2n) is 4.00. The average Bonchev–Trinajstić information content (AvgIpc) is 2.42. The van der Waals surface area contributed by atoms with E-state index < -0.39 is 5.82 Å². The van der Waals surface area contributed by atoms with Gasteiger partial charge in [0, 0.05) is 16.8 Å². The zero-order valence-electron chi connectivity index (χ0n) is 10.2. The molecule has 2 aromatic carbocycles. The summed E-state index contributed by atoms with van der Waals surface area (Å²) in [6.07, 6.45) is 3.03. The van der Waals surface area contributed by atoms with Crippen LogP contribution in [-0.2, 0) is 4.79 Å². The second kappa shape index (κ2) is 6.55. The lowest BCUT2D eigenvalue weighted by Crippen LogP contribution is -2.07. The Bertz CT molecular complexity index is 653. The van der Waals surface area contributed by atoms with E-state index in [4.69, 9.17) is 23.2 Å². The van der Waals surface area contributed by atoms with E-state index in [0.29, 0.717) is 10.7 Å². The predicted molar refractivity (Wildman–Crippen MR) is 80.5 cm³/mol. The van der Waals surface area contributed by atoms with Crippen LogP contribution in [-0.4, -0.2) is 5.91 Å². The summed E-state index contributed by atoms with van der Waals surface area (Å²) < 4.78 is 13.0. The van der Waals surface area contributed by atoms with Crippen molar-refractivity contribution in [3.8, 4) is 0 Å². The molecule has 0 spiro atoms. The Morgan fingerprint density at radius 3 is 2.45 bits per heavy atom. The van der Waals surface area contributed by atoms with Gasteiger partial charge >= 0.3 is 0 Å². The highest BCUT2D eigenvalue weighted by Crippen LogP contribution is 2.19. The van der Waals surface area contributed by atoms with Gasteiger partial charge in [-0.3, -0.25) is 4.79 Å². The van der Waals surface area contributed by atoms with Gasteiger partial charge in [-0.2, -0.15) is 0 Å². The van der Waals surface area contributed by atoms with E-state index in [2.05, 4.69) is 5.32 Å². The molecule has 0 aliphatic carbocycles. The van der Waals surface area contributed by atoms with Crippen molar-refractivity contribution in [3.63, 3.8) is 0 Å². The summed E-state index contributed by atoms with van der Waals surface area (Å²) in [5.41, 5.74) is 1.28. The summed E-state index contributed by atoms with van der Waals surface area (Å²) in [6.45, 7) is 0. The second-order valence-corrected chi connectivity index (χ2v) is 4.85. The van der Waals surface area contributed by atoms with Crippen molar-refractivity contribution in [2.45, 2.75) is 0 Å². The average molecular weight is 310 g/mol. The smallest absolute Gasteiger partial charge is 0.248 e. The van der Waals surface area contributed by atoms with Crippen LogP contribution in [0.1, 0.15) is 5.56 Å². The maximum atomic E-state index is 13.0. The topological polar surface area (TPSA) is 29.1 Å². The predicted octanol–water partition coefficient (Wildman–Crippen LogP) is 4.78. The first-order chi connectivity index (χ1) is 9.54. The fourth-order valence-electron chi connectivity index (χ4n) is 1.50. The molecule has 20 heavy (non-hydrogen) atoms. The summed E-state index contributed by atoms with van der Waals surface area (Å²) in [4.78, 5) is 11.7. The number of hydrogen-bond donors (Lipinski definition) is 1. The Hall–Kier alpha value is -1.84. The minimum atomic E-state index is -0.527. The Labute approximate surface area is 125 Å². The van der Waals surface area contributed by atoms with Gasteiger partial charge in [0.1, 0.15) is 5.82 Å². The van der Waals surface area contributed by atoms with Crippen molar-refractivity contribution < 1.29 is 9.18 Å². The van der Waals surface area contributed by atoms with E-state index >= 15 is 0 Å². The summed E-state index contributed by atoms with van der Waals surface area (Å²) in [6, 6.07) is 11.0. The number of halogens is 3. The fraction of sp³-hybridized carbons (Fsp3) is 0. The molecule has 0 saturated heterocycles. The van der Waals surface area contributed by atoms with Crippen LogP contribution in [0.15, 0.2) is 48.5 Å². The van der Waals surface area contributed by atoms with Gasteiger partial charge in [-0.25, -0.2) is 4.39 Å². The van der Waals surface area contributed by atoms with Crippen molar-refractivity contribution in [1.29, 1.82) is 0 Å². The minimum Gasteiger partial charge on any atom is -0.322 e. The van der Waals surface area contributed by atoms with Gasteiger partial charge in [-0.15, -0.1) is 0 Å². The summed E-state index contributed by atoms with van der Waals surface area (Å²) in [7, 11) is 0. The van der Waals surface area contributed by atoms with Gasteiger partial charge in [0.25, 0.3) is 0 Å². The van der Waals surface area contributed by atoms with Gasteiger partial charge in [-0.05, 0) is 42.0 Å². The standard InChI is InChI=1S/C15H10Cl2FNO/c16-11-4-1-10(2-5-11)3-8-15(20)19-12-6-7-14(18)13(17)9-12/h1-9H,(H,19,20)/b8-3+. The molecule has 2 nitrogen and oxygen atoms in total. The summed E-state index contributed by atoms with van der Waals surface area (Å²) in [5.74, 6) is -0.857. The molecule has 0 saturated carbocycles. The van der Waals surface area contributed by atoms with E-state index in [0.717, 1.165) is 5.56 Å². The molecular weight excluding hydrogens is 300 g/mol. The lowest BCUT2D eigenvalue weighted by molar-refractivity contribution is -0.111. The quantitative estimate of drug-likeness (QED) is 0.812. The highest BCUT2D eigenvalue weighted by molar-refractivity contribution is 6.31. The van der Waals surface area contributed by atoms with E-state index in [1.807, 2.05) is 0 Å². The van der Waals surface area contributed by atoms with Crippen LogP contribution in [0.2, 0.25) is 10.0 Å². The Morgan fingerprint density at radius 2 is 1.80 bits per heavy atom. The molecule has 0 atom stereocenters. The van der Waals surface area contributed by atoms with Crippen LogP contribution in [0.5, 0.6) is 0 Å². The first kappa shape index (κ1) is 14.6. The van der Waals surface area contributed by atoms with Gasteiger partial charge < -0.3 is 5.32 Å². The van der Waals surface area contributed by atoms with E-state index in [-0.39, 0.29) is 10.9 Å². The molecule has 2 aromatic rings. The zero-order valence-corrected chi connectivity index (χ0v) is 11.8. The highest BCUT2D eigenvalue weighted by atomic mass is 35.5. The van der Waals surface area contributed by atoms with Crippen molar-refractivity contribution in [3.05, 3.63) is 70.0 Å². The summed E-state index contributed by atoms with van der Waals surface area (Å²) in [5, 5.41) is 3.18. The largest absolute Gasteiger partial charge is 0.322 e. The van der Waals surface area contributed by atoms with E-state index in [1.54, 1.807) is 30.3 Å². The molecule has 0 fully saturated rings. The first-order valence-corrected chi connectivity index (χ1v) is 6.50. The number of benzene rings is 2. The molecular formula is C15H10Cl2FNO. The minimum absolute atomic E-state index is 0.0375. The number of anilines is 1. The van der Waals surface area contributed by atoms with Crippen LogP contribution >= 0.6 is 23.2 Å². The Kier molecular flexibility index (Phi) is 4.77. The first-order valence-electron chi connectivity index (χ1n) is 5.74.